The molecule has 0 N–H and O–H groups in total. The first kappa shape index (κ1) is 17.2. The summed E-state index contributed by atoms with van der Waals surface area (Å²) in [6.07, 6.45) is 1.96. The van der Waals surface area contributed by atoms with Crippen molar-refractivity contribution < 1.29 is 9.53 Å². The van der Waals surface area contributed by atoms with Crippen LogP contribution in [-0.4, -0.2) is 18.3 Å². The lowest BCUT2D eigenvalue weighted by molar-refractivity contribution is 0.0526. The second kappa shape index (κ2) is 7.58. The molecule has 3 aromatic rings. The number of para-hydroxylation sites is 1. The van der Waals surface area contributed by atoms with Gasteiger partial charge in [-0.2, -0.15) is 0 Å². The van der Waals surface area contributed by atoms with Gasteiger partial charge >= 0.3 is 5.97 Å². The lowest BCUT2D eigenvalue weighted by Crippen LogP contribution is -2.11. The molecule has 0 amide bonds. The third-order valence-corrected chi connectivity index (χ3v) is 4.83. The molecule has 0 saturated carbocycles. The molecule has 1 aliphatic heterocycles. The molecule has 27 heavy (non-hydrogen) atoms. The van der Waals surface area contributed by atoms with Crippen LogP contribution in [0, 0.1) is 0 Å². The Labute approximate surface area is 159 Å². The van der Waals surface area contributed by atoms with Gasteiger partial charge in [0, 0.05) is 11.1 Å². The molecule has 0 aromatic heterocycles. The molecule has 0 bridgehead atoms. The van der Waals surface area contributed by atoms with Gasteiger partial charge < -0.3 is 4.74 Å². The summed E-state index contributed by atoms with van der Waals surface area (Å²) in [4.78, 5) is 17.0. The van der Waals surface area contributed by atoms with E-state index in [-0.39, 0.29) is 5.97 Å². The number of aliphatic imine (C=N–C) groups is 1. The monoisotopic (exact) mass is 355 g/mol. The molecule has 1 heterocycles. The summed E-state index contributed by atoms with van der Waals surface area (Å²) in [5.41, 5.74) is 7.20. The van der Waals surface area contributed by atoms with Crippen LogP contribution in [-0.2, 0) is 17.6 Å². The zero-order valence-electron chi connectivity index (χ0n) is 15.3. The van der Waals surface area contributed by atoms with Crippen molar-refractivity contribution in [2.45, 2.75) is 19.8 Å². The Bertz CT molecular complexity index is 1000. The third kappa shape index (κ3) is 3.54. The lowest BCUT2D eigenvalue weighted by Gasteiger charge is -2.17. The number of carbonyl (C=O) groups is 1. The fourth-order valence-electron chi connectivity index (χ4n) is 3.45. The van der Waals surface area contributed by atoms with Crippen LogP contribution in [0.15, 0.2) is 77.8 Å². The first-order valence-electron chi connectivity index (χ1n) is 9.28. The van der Waals surface area contributed by atoms with E-state index >= 15 is 0 Å². The molecular weight excluding hydrogens is 334 g/mol. The minimum atomic E-state index is -0.297. The van der Waals surface area contributed by atoms with Crippen molar-refractivity contribution >= 4 is 17.4 Å². The highest BCUT2D eigenvalue weighted by molar-refractivity contribution is 6.15. The van der Waals surface area contributed by atoms with E-state index < -0.39 is 0 Å². The van der Waals surface area contributed by atoms with Gasteiger partial charge in [-0.1, -0.05) is 54.6 Å². The molecule has 134 valence electrons. The van der Waals surface area contributed by atoms with Crippen LogP contribution < -0.4 is 0 Å². The zero-order chi connectivity index (χ0) is 18.6. The number of rotatable bonds is 3. The fourth-order valence-corrected chi connectivity index (χ4v) is 3.45. The highest BCUT2D eigenvalue weighted by Gasteiger charge is 2.16. The van der Waals surface area contributed by atoms with Gasteiger partial charge in [-0.25, -0.2) is 9.79 Å². The maximum Gasteiger partial charge on any atom is 0.338 e. The molecule has 0 atom stereocenters. The molecule has 0 spiro atoms. The number of aryl methyl sites for hydroxylation is 2. The molecule has 1 aliphatic rings. The van der Waals surface area contributed by atoms with Crippen molar-refractivity contribution in [3.63, 3.8) is 0 Å². The average molecular weight is 355 g/mol. The summed E-state index contributed by atoms with van der Waals surface area (Å²) in [6, 6.07) is 24.2. The van der Waals surface area contributed by atoms with Gasteiger partial charge in [0.15, 0.2) is 0 Å². The van der Waals surface area contributed by atoms with Crippen LogP contribution in [0.2, 0.25) is 0 Å². The van der Waals surface area contributed by atoms with Crippen molar-refractivity contribution in [1.82, 2.24) is 0 Å². The molecule has 0 radical (unpaired) electrons. The van der Waals surface area contributed by atoms with Gasteiger partial charge in [0.05, 0.1) is 23.6 Å². The number of fused-ring (bicyclic) bond motifs is 2. The van der Waals surface area contributed by atoms with Crippen LogP contribution >= 0.6 is 0 Å². The minimum Gasteiger partial charge on any atom is -0.462 e. The maximum absolute atomic E-state index is 11.9. The number of esters is 1. The molecule has 3 aromatic carbocycles. The van der Waals surface area contributed by atoms with E-state index in [1.54, 1.807) is 0 Å². The third-order valence-electron chi connectivity index (χ3n) is 4.83. The van der Waals surface area contributed by atoms with Crippen LogP contribution in [0.25, 0.3) is 0 Å². The van der Waals surface area contributed by atoms with E-state index in [4.69, 9.17) is 9.73 Å². The Kier molecular flexibility index (Phi) is 4.84. The Hall–Kier alpha value is -3.20. The van der Waals surface area contributed by atoms with Crippen molar-refractivity contribution in [3.05, 3.63) is 101 Å². The maximum atomic E-state index is 11.9. The smallest absolute Gasteiger partial charge is 0.338 e. The van der Waals surface area contributed by atoms with Crippen molar-refractivity contribution in [3.8, 4) is 0 Å². The van der Waals surface area contributed by atoms with E-state index in [2.05, 4.69) is 42.5 Å². The number of carbonyl (C=O) groups excluding carboxylic acids is 1. The molecule has 3 nitrogen and oxygen atoms in total. The SMILES string of the molecule is CCOC(=O)c1ccc(C2=Nc3ccccc3CCc3ccccc32)cc1. The van der Waals surface area contributed by atoms with Gasteiger partial charge in [0.25, 0.3) is 0 Å². The van der Waals surface area contributed by atoms with Gasteiger partial charge in [-0.15, -0.1) is 0 Å². The van der Waals surface area contributed by atoms with Crippen LogP contribution in [0.5, 0.6) is 0 Å². The number of ether oxygens (including phenoxy) is 1. The molecule has 0 fully saturated rings. The Morgan fingerprint density at radius 2 is 1.56 bits per heavy atom. The second-order valence-electron chi connectivity index (χ2n) is 6.54. The first-order valence-corrected chi connectivity index (χ1v) is 9.28. The summed E-state index contributed by atoms with van der Waals surface area (Å²) in [5, 5.41) is 0. The molecule has 0 aliphatic carbocycles. The number of hydrogen-bond acceptors (Lipinski definition) is 3. The van der Waals surface area contributed by atoms with Crippen LogP contribution in [0.1, 0.15) is 39.5 Å². The average Bonchev–Trinajstić information content (AvgIpc) is 2.70. The summed E-state index contributed by atoms with van der Waals surface area (Å²) in [7, 11) is 0. The highest BCUT2D eigenvalue weighted by Crippen LogP contribution is 2.28. The first-order chi connectivity index (χ1) is 13.3. The molecule has 3 heteroatoms. The van der Waals surface area contributed by atoms with Crippen molar-refractivity contribution in [2.24, 2.45) is 4.99 Å². The summed E-state index contributed by atoms with van der Waals surface area (Å²) >= 11 is 0. The lowest BCUT2D eigenvalue weighted by atomic mass is 9.91. The quantitative estimate of drug-likeness (QED) is 0.611. The van der Waals surface area contributed by atoms with E-state index in [0.29, 0.717) is 12.2 Å². The number of hydrogen-bond donors (Lipinski definition) is 0. The molecule has 4 rings (SSSR count). The van der Waals surface area contributed by atoms with E-state index in [1.165, 1.54) is 11.1 Å². The van der Waals surface area contributed by atoms with Crippen LogP contribution in [0.3, 0.4) is 0 Å². The normalized spacial score (nSPS) is 12.9. The zero-order valence-corrected chi connectivity index (χ0v) is 15.3. The standard InChI is InChI=1S/C24H21NO2/c1-2-27-24(26)20-15-13-19(14-16-20)23-21-9-5-3-7-17(21)11-12-18-8-4-6-10-22(18)25-23/h3-10,13-16H,2,11-12H2,1H3. The second-order valence-corrected chi connectivity index (χ2v) is 6.54. The number of nitrogens with zero attached hydrogens (tertiary/aromatic N) is 1. The highest BCUT2D eigenvalue weighted by atomic mass is 16.5. The van der Waals surface area contributed by atoms with Gasteiger partial charge in [-0.05, 0) is 49.1 Å². The van der Waals surface area contributed by atoms with Crippen LogP contribution in [0.4, 0.5) is 5.69 Å². The predicted molar refractivity (Wildman–Crippen MR) is 108 cm³/mol. The minimum absolute atomic E-state index is 0.297. The van der Waals surface area contributed by atoms with Crippen molar-refractivity contribution in [2.75, 3.05) is 6.61 Å². The van der Waals surface area contributed by atoms with Gasteiger partial charge in [0.1, 0.15) is 0 Å². The Morgan fingerprint density at radius 1 is 0.889 bits per heavy atom. The summed E-state index contributed by atoms with van der Waals surface area (Å²) in [6.45, 7) is 2.18. The molecule has 0 saturated heterocycles. The van der Waals surface area contributed by atoms with Crippen molar-refractivity contribution in [1.29, 1.82) is 0 Å². The van der Waals surface area contributed by atoms with E-state index in [9.17, 15) is 4.79 Å². The van der Waals surface area contributed by atoms with E-state index in [0.717, 1.165) is 35.4 Å². The van der Waals surface area contributed by atoms with Gasteiger partial charge in [-0.3, -0.25) is 0 Å². The topological polar surface area (TPSA) is 38.7 Å². The van der Waals surface area contributed by atoms with Gasteiger partial charge in [0.2, 0.25) is 0 Å². The fraction of sp³-hybridized carbons (Fsp3) is 0.167. The van der Waals surface area contributed by atoms with E-state index in [1.807, 2.05) is 37.3 Å². The predicted octanol–water partition coefficient (Wildman–Crippen LogP) is 5.13. The largest absolute Gasteiger partial charge is 0.462 e. The summed E-state index contributed by atoms with van der Waals surface area (Å²) < 4.78 is 5.08. The Balaban J connectivity index is 1.82. The number of benzene rings is 3. The summed E-state index contributed by atoms with van der Waals surface area (Å²) in [5.74, 6) is -0.297. The Morgan fingerprint density at radius 3 is 2.33 bits per heavy atom. The molecule has 0 unspecified atom stereocenters. The molecular formula is C24H21NO2.